The molecule has 0 atom stereocenters. The summed E-state index contributed by atoms with van der Waals surface area (Å²) in [5.74, 6) is -0.785. The van der Waals surface area contributed by atoms with Crippen LogP contribution in [0.25, 0.3) is 0 Å². The van der Waals surface area contributed by atoms with Crippen molar-refractivity contribution in [2.45, 2.75) is 44.8 Å². The van der Waals surface area contributed by atoms with Gasteiger partial charge in [-0.1, -0.05) is 0 Å². The molecular weight excluding hydrogens is 168 g/mol. The number of hydrogen-bond acceptors (Lipinski definition) is 4. The summed E-state index contributed by atoms with van der Waals surface area (Å²) in [5, 5.41) is 0. The first-order valence-electron chi connectivity index (χ1n) is 4.48. The zero-order valence-corrected chi connectivity index (χ0v) is 8.47. The molecule has 0 aromatic heterocycles. The molecule has 2 heterocycles. The van der Waals surface area contributed by atoms with Crippen molar-refractivity contribution in [3.63, 3.8) is 0 Å². The standard InChI is InChI=1S/C9H16N2O2/c1-7(2)8(3,4)13-9(12-7)5-6-10-11-9/h5-6,10-11H,1-4H3. The van der Waals surface area contributed by atoms with Gasteiger partial charge in [0.15, 0.2) is 0 Å². The minimum absolute atomic E-state index is 0.309. The van der Waals surface area contributed by atoms with Crippen LogP contribution in [-0.4, -0.2) is 17.1 Å². The van der Waals surface area contributed by atoms with E-state index in [0.717, 1.165) is 0 Å². The summed E-state index contributed by atoms with van der Waals surface area (Å²) < 4.78 is 11.7. The molecule has 2 aliphatic rings. The maximum Gasteiger partial charge on any atom is 0.268 e. The van der Waals surface area contributed by atoms with Crippen molar-refractivity contribution in [2.24, 2.45) is 0 Å². The molecular formula is C9H16N2O2. The van der Waals surface area contributed by atoms with E-state index in [0.29, 0.717) is 0 Å². The van der Waals surface area contributed by atoms with Crippen LogP contribution in [0.5, 0.6) is 0 Å². The molecule has 1 fully saturated rings. The summed E-state index contributed by atoms with van der Waals surface area (Å²) >= 11 is 0. The molecule has 4 heteroatoms. The minimum Gasteiger partial charge on any atom is -0.324 e. The van der Waals surface area contributed by atoms with Crippen molar-refractivity contribution in [3.05, 3.63) is 12.3 Å². The molecule has 0 radical (unpaired) electrons. The molecule has 0 aromatic carbocycles. The van der Waals surface area contributed by atoms with Crippen LogP contribution >= 0.6 is 0 Å². The third-order valence-corrected chi connectivity index (χ3v) is 2.90. The van der Waals surface area contributed by atoms with Crippen LogP contribution in [0.3, 0.4) is 0 Å². The van der Waals surface area contributed by atoms with Gasteiger partial charge in [-0.25, -0.2) is 0 Å². The molecule has 0 amide bonds. The third-order valence-electron chi connectivity index (χ3n) is 2.90. The van der Waals surface area contributed by atoms with E-state index in [2.05, 4.69) is 10.9 Å². The number of ether oxygens (including phenoxy) is 2. The van der Waals surface area contributed by atoms with Crippen LogP contribution in [0.2, 0.25) is 0 Å². The van der Waals surface area contributed by atoms with Gasteiger partial charge in [-0.05, 0) is 27.7 Å². The first-order valence-corrected chi connectivity index (χ1v) is 4.48. The van der Waals surface area contributed by atoms with Gasteiger partial charge in [0.05, 0.1) is 11.2 Å². The van der Waals surface area contributed by atoms with E-state index < -0.39 is 5.91 Å². The van der Waals surface area contributed by atoms with Crippen LogP contribution < -0.4 is 10.9 Å². The van der Waals surface area contributed by atoms with Gasteiger partial charge in [-0.3, -0.25) is 0 Å². The van der Waals surface area contributed by atoms with Gasteiger partial charge in [0, 0.05) is 12.3 Å². The Morgan fingerprint density at radius 2 is 1.54 bits per heavy atom. The highest BCUT2D eigenvalue weighted by Gasteiger charge is 2.57. The third kappa shape index (κ3) is 1.17. The Morgan fingerprint density at radius 1 is 1.00 bits per heavy atom. The van der Waals surface area contributed by atoms with Crippen molar-refractivity contribution >= 4 is 0 Å². The molecule has 0 aromatic rings. The van der Waals surface area contributed by atoms with Gasteiger partial charge in [-0.15, -0.1) is 0 Å². The average Bonchev–Trinajstić information content (AvgIpc) is 2.39. The highest BCUT2D eigenvalue weighted by Crippen LogP contribution is 2.43. The summed E-state index contributed by atoms with van der Waals surface area (Å²) in [7, 11) is 0. The lowest BCUT2D eigenvalue weighted by Gasteiger charge is -2.29. The summed E-state index contributed by atoms with van der Waals surface area (Å²) in [4.78, 5) is 0. The molecule has 1 spiro atoms. The number of nitrogens with one attached hydrogen (secondary N) is 2. The fourth-order valence-corrected chi connectivity index (χ4v) is 1.48. The Labute approximate surface area is 78.3 Å². The lowest BCUT2D eigenvalue weighted by molar-refractivity contribution is -0.175. The zero-order chi connectivity index (χ0) is 9.74. The monoisotopic (exact) mass is 184 g/mol. The summed E-state index contributed by atoms with van der Waals surface area (Å²) in [6.45, 7) is 8.09. The van der Waals surface area contributed by atoms with Crippen molar-refractivity contribution in [1.82, 2.24) is 10.9 Å². The van der Waals surface area contributed by atoms with E-state index in [4.69, 9.17) is 9.47 Å². The molecule has 74 valence electrons. The smallest absolute Gasteiger partial charge is 0.268 e. The van der Waals surface area contributed by atoms with Crippen LogP contribution in [0, 0.1) is 0 Å². The van der Waals surface area contributed by atoms with Gasteiger partial charge < -0.3 is 14.9 Å². The lowest BCUT2D eigenvalue weighted by atomic mass is 9.90. The van der Waals surface area contributed by atoms with Gasteiger partial charge in [-0.2, -0.15) is 5.43 Å². The number of rotatable bonds is 0. The molecule has 0 aliphatic carbocycles. The maximum atomic E-state index is 5.83. The largest absolute Gasteiger partial charge is 0.324 e. The molecule has 0 bridgehead atoms. The Hall–Kier alpha value is -0.580. The van der Waals surface area contributed by atoms with E-state index in [-0.39, 0.29) is 11.2 Å². The van der Waals surface area contributed by atoms with E-state index in [1.807, 2.05) is 33.8 Å². The van der Waals surface area contributed by atoms with Crippen molar-refractivity contribution in [3.8, 4) is 0 Å². The number of hydrazine groups is 1. The quantitative estimate of drug-likeness (QED) is 0.586. The molecule has 1 saturated heterocycles. The molecule has 4 nitrogen and oxygen atoms in total. The summed E-state index contributed by atoms with van der Waals surface area (Å²) in [5.41, 5.74) is 5.17. The fraction of sp³-hybridized carbons (Fsp3) is 0.778. The Balaban J connectivity index is 2.28. The maximum absolute atomic E-state index is 5.83. The van der Waals surface area contributed by atoms with Gasteiger partial charge in [0.2, 0.25) is 0 Å². The average molecular weight is 184 g/mol. The topological polar surface area (TPSA) is 42.5 Å². The van der Waals surface area contributed by atoms with Crippen LogP contribution in [0.4, 0.5) is 0 Å². The molecule has 0 unspecified atom stereocenters. The summed E-state index contributed by atoms with van der Waals surface area (Å²) in [6, 6.07) is 0. The lowest BCUT2D eigenvalue weighted by Crippen LogP contribution is -2.46. The highest BCUT2D eigenvalue weighted by molar-refractivity contribution is 5.08. The Kier molecular flexibility index (Phi) is 1.56. The van der Waals surface area contributed by atoms with E-state index >= 15 is 0 Å². The predicted molar refractivity (Wildman–Crippen MR) is 48.5 cm³/mol. The van der Waals surface area contributed by atoms with Gasteiger partial charge in [0.1, 0.15) is 0 Å². The SMILES string of the molecule is CC1(C)OC2(C=CNN2)OC1(C)C. The van der Waals surface area contributed by atoms with Gasteiger partial charge >= 0.3 is 0 Å². The van der Waals surface area contributed by atoms with Crippen molar-refractivity contribution in [2.75, 3.05) is 0 Å². The van der Waals surface area contributed by atoms with Crippen molar-refractivity contribution < 1.29 is 9.47 Å². The van der Waals surface area contributed by atoms with Crippen molar-refractivity contribution in [1.29, 1.82) is 0 Å². The van der Waals surface area contributed by atoms with E-state index in [9.17, 15) is 0 Å². The second-order valence-electron chi connectivity index (χ2n) is 4.49. The van der Waals surface area contributed by atoms with Gasteiger partial charge in [0.25, 0.3) is 5.91 Å². The first-order chi connectivity index (χ1) is 5.87. The first kappa shape index (κ1) is 8.99. The zero-order valence-electron chi connectivity index (χ0n) is 8.47. The second-order valence-corrected chi connectivity index (χ2v) is 4.49. The van der Waals surface area contributed by atoms with Crippen LogP contribution in [-0.2, 0) is 9.47 Å². The second kappa shape index (κ2) is 2.26. The Morgan fingerprint density at radius 3 is 1.92 bits per heavy atom. The fourth-order valence-electron chi connectivity index (χ4n) is 1.48. The van der Waals surface area contributed by atoms with Crippen LogP contribution in [0.15, 0.2) is 12.3 Å². The van der Waals surface area contributed by atoms with E-state index in [1.54, 1.807) is 6.20 Å². The number of hydrogen-bond donors (Lipinski definition) is 2. The highest BCUT2D eigenvalue weighted by atomic mass is 16.8. The molecule has 2 rings (SSSR count). The van der Waals surface area contributed by atoms with E-state index in [1.165, 1.54) is 0 Å². The van der Waals surface area contributed by atoms with Crippen LogP contribution in [0.1, 0.15) is 27.7 Å². The normalized spacial score (nSPS) is 32.3. The minimum atomic E-state index is -0.785. The summed E-state index contributed by atoms with van der Waals surface area (Å²) in [6.07, 6.45) is 3.61. The predicted octanol–water partition coefficient (Wildman–Crippen LogP) is 0.866. The molecule has 13 heavy (non-hydrogen) atoms. The molecule has 0 saturated carbocycles. The molecule has 2 aliphatic heterocycles. The molecule has 2 N–H and O–H groups in total. The Bertz CT molecular complexity index is 242.